The van der Waals surface area contributed by atoms with Gasteiger partial charge in [-0.3, -0.25) is 0 Å². The first kappa shape index (κ1) is 13.1. The van der Waals surface area contributed by atoms with Gasteiger partial charge in [-0.15, -0.1) is 0 Å². The van der Waals surface area contributed by atoms with Crippen LogP contribution in [-0.4, -0.2) is 36.3 Å². The number of anilines is 1. The number of rotatable bonds is 3. The van der Waals surface area contributed by atoms with Gasteiger partial charge in [0.25, 0.3) is 0 Å². The van der Waals surface area contributed by atoms with Crippen molar-refractivity contribution in [1.29, 1.82) is 0 Å². The van der Waals surface area contributed by atoms with Crippen LogP contribution in [0, 0.1) is 0 Å². The summed E-state index contributed by atoms with van der Waals surface area (Å²) in [6, 6.07) is 0. The molecule has 1 unspecified atom stereocenters. The Balaban J connectivity index is 2.03. The third-order valence-electron chi connectivity index (χ3n) is 2.84. The van der Waals surface area contributed by atoms with Crippen LogP contribution in [0.4, 0.5) is 5.82 Å². The minimum atomic E-state index is 0.286. The molecule has 1 aromatic heterocycles. The molecular weight excluding hydrogens is 305 g/mol. The van der Waals surface area contributed by atoms with Gasteiger partial charge >= 0.3 is 0 Å². The standard InChI is InChI=1S/C11H15BrClN3O/c1-16(6-8-4-2-3-5-17-8)11-9(12)10(13)14-7-15-11/h7-8H,2-6H2,1H3. The SMILES string of the molecule is CN(CC1CCCCO1)c1ncnc(Cl)c1Br. The molecule has 2 heterocycles. The van der Waals surface area contributed by atoms with Gasteiger partial charge in [0.1, 0.15) is 17.3 Å². The summed E-state index contributed by atoms with van der Waals surface area (Å²) >= 11 is 9.35. The molecule has 17 heavy (non-hydrogen) atoms. The van der Waals surface area contributed by atoms with Crippen molar-refractivity contribution in [3.63, 3.8) is 0 Å². The number of hydrogen-bond donors (Lipinski definition) is 0. The van der Waals surface area contributed by atoms with Crippen molar-refractivity contribution < 1.29 is 4.74 Å². The first-order valence-corrected chi connectivity index (χ1v) is 6.84. The van der Waals surface area contributed by atoms with E-state index in [2.05, 4.69) is 25.9 Å². The zero-order valence-electron chi connectivity index (χ0n) is 9.70. The number of likely N-dealkylation sites (N-methyl/N-ethyl adjacent to an activating group) is 1. The van der Waals surface area contributed by atoms with Gasteiger partial charge in [0, 0.05) is 20.2 Å². The van der Waals surface area contributed by atoms with Crippen LogP contribution >= 0.6 is 27.5 Å². The fraction of sp³-hybridized carbons (Fsp3) is 0.636. The third-order valence-corrected chi connectivity index (χ3v) is 4.09. The molecule has 6 heteroatoms. The first-order chi connectivity index (χ1) is 8.18. The van der Waals surface area contributed by atoms with E-state index in [0.29, 0.717) is 5.15 Å². The lowest BCUT2D eigenvalue weighted by molar-refractivity contribution is 0.0215. The maximum Gasteiger partial charge on any atom is 0.148 e. The van der Waals surface area contributed by atoms with Crippen LogP contribution in [0.5, 0.6) is 0 Å². The van der Waals surface area contributed by atoms with Crippen LogP contribution in [0.3, 0.4) is 0 Å². The second kappa shape index (κ2) is 5.98. The van der Waals surface area contributed by atoms with E-state index < -0.39 is 0 Å². The highest BCUT2D eigenvalue weighted by Gasteiger charge is 2.18. The van der Waals surface area contributed by atoms with E-state index in [1.165, 1.54) is 19.2 Å². The van der Waals surface area contributed by atoms with Crippen molar-refractivity contribution in [2.45, 2.75) is 25.4 Å². The van der Waals surface area contributed by atoms with Crippen molar-refractivity contribution in [3.05, 3.63) is 16.0 Å². The number of hydrogen-bond acceptors (Lipinski definition) is 4. The Morgan fingerprint density at radius 3 is 3.06 bits per heavy atom. The largest absolute Gasteiger partial charge is 0.376 e. The summed E-state index contributed by atoms with van der Waals surface area (Å²) < 4.78 is 6.44. The van der Waals surface area contributed by atoms with Crippen molar-refractivity contribution in [1.82, 2.24) is 9.97 Å². The number of nitrogens with zero attached hydrogens (tertiary/aromatic N) is 3. The topological polar surface area (TPSA) is 38.2 Å². The Morgan fingerprint density at radius 1 is 1.53 bits per heavy atom. The molecule has 0 radical (unpaired) electrons. The third kappa shape index (κ3) is 3.30. The van der Waals surface area contributed by atoms with Gasteiger partial charge in [0.15, 0.2) is 0 Å². The van der Waals surface area contributed by atoms with Crippen LogP contribution in [-0.2, 0) is 4.74 Å². The smallest absolute Gasteiger partial charge is 0.148 e. The van der Waals surface area contributed by atoms with Crippen LogP contribution in [0.2, 0.25) is 5.15 Å². The van der Waals surface area contributed by atoms with Gasteiger partial charge < -0.3 is 9.64 Å². The molecular formula is C11H15BrClN3O. The molecule has 0 aliphatic carbocycles. The molecule has 1 aliphatic heterocycles. The molecule has 1 saturated heterocycles. The van der Waals surface area contributed by atoms with Gasteiger partial charge in [0.2, 0.25) is 0 Å². The van der Waals surface area contributed by atoms with Crippen molar-refractivity contribution in [2.75, 3.05) is 25.1 Å². The minimum Gasteiger partial charge on any atom is -0.376 e. The van der Waals surface area contributed by atoms with Gasteiger partial charge in [-0.25, -0.2) is 9.97 Å². The van der Waals surface area contributed by atoms with Crippen molar-refractivity contribution >= 4 is 33.3 Å². The highest BCUT2D eigenvalue weighted by Crippen LogP contribution is 2.29. The summed E-state index contributed by atoms with van der Waals surface area (Å²) in [5.74, 6) is 0.805. The Bertz CT molecular complexity index is 385. The normalized spacial score (nSPS) is 20.3. The first-order valence-electron chi connectivity index (χ1n) is 5.67. The summed E-state index contributed by atoms with van der Waals surface area (Å²) in [6.45, 7) is 1.69. The van der Waals surface area contributed by atoms with Gasteiger partial charge in [-0.2, -0.15) is 0 Å². The summed E-state index contributed by atoms with van der Waals surface area (Å²) in [6.07, 6.45) is 5.28. The lowest BCUT2D eigenvalue weighted by Crippen LogP contribution is -2.34. The van der Waals surface area contributed by atoms with E-state index in [1.807, 2.05) is 11.9 Å². The van der Waals surface area contributed by atoms with E-state index in [1.54, 1.807) is 0 Å². The molecule has 1 atom stereocenters. The lowest BCUT2D eigenvalue weighted by Gasteiger charge is -2.28. The molecule has 4 nitrogen and oxygen atoms in total. The molecule has 0 spiro atoms. The molecule has 0 bridgehead atoms. The van der Waals surface area contributed by atoms with Gasteiger partial charge in [0.05, 0.1) is 10.6 Å². The van der Waals surface area contributed by atoms with E-state index in [0.717, 1.165) is 29.9 Å². The Labute approximate surface area is 114 Å². The highest BCUT2D eigenvalue weighted by molar-refractivity contribution is 9.10. The van der Waals surface area contributed by atoms with E-state index in [-0.39, 0.29) is 6.10 Å². The highest BCUT2D eigenvalue weighted by atomic mass is 79.9. The maximum atomic E-state index is 5.94. The molecule has 94 valence electrons. The van der Waals surface area contributed by atoms with Crippen LogP contribution in [0.15, 0.2) is 10.8 Å². The minimum absolute atomic E-state index is 0.286. The van der Waals surface area contributed by atoms with E-state index in [9.17, 15) is 0 Å². The van der Waals surface area contributed by atoms with Crippen LogP contribution < -0.4 is 4.90 Å². The second-order valence-corrected chi connectivity index (χ2v) is 5.32. The summed E-state index contributed by atoms with van der Waals surface area (Å²) in [7, 11) is 1.99. The van der Waals surface area contributed by atoms with E-state index >= 15 is 0 Å². The zero-order valence-corrected chi connectivity index (χ0v) is 12.0. The molecule has 0 amide bonds. The molecule has 0 N–H and O–H groups in total. The van der Waals surface area contributed by atoms with Crippen molar-refractivity contribution in [2.24, 2.45) is 0 Å². The van der Waals surface area contributed by atoms with Crippen molar-refractivity contribution in [3.8, 4) is 0 Å². The summed E-state index contributed by atoms with van der Waals surface area (Å²) in [5, 5.41) is 0.436. The number of halogens is 2. The molecule has 2 rings (SSSR count). The Morgan fingerprint density at radius 2 is 2.35 bits per heavy atom. The van der Waals surface area contributed by atoms with Crippen LogP contribution in [0.25, 0.3) is 0 Å². The quantitative estimate of drug-likeness (QED) is 0.803. The Hall–Kier alpha value is -0.390. The fourth-order valence-corrected chi connectivity index (χ4v) is 2.58. The summed E-state index contributed by atoms with van der Waals surface area (Å²) in [5.41, 5.74) is 0. The Kier molecular flexibility index (Phi) is 4.59. The molecule has 0 aromatic carbocycles. The maximum absolute atomic E-state index is 5.94. The molecule has 1 aliphatic rings. The van der Waals surface area contributed by atoms with Gasteiger partial charge in [-0.05, 0) is 35.2 Å². The number of aromatic nitrogens is 2. The average molecular weight is 321 g/mol. The fourth-order valence-electron chi connectivity index (χ4n) is 1.95. The lowest BCUT2D eigenvalue weighted by atomic mass is 10.1. The summed E-state index contributed by atoms with van der Waals surface area (Å²) in [4.78, 5) is 10.2. The predicted octanol–water partition coefficient (Wildman–Crippen LogP) is 2.90. The van der Waals surface area contributed by atoms with Crippen LogP contribution in [0.1, 0.15) is 19.3 Å². The second-order valence-electron chi connectivity index (χ2n) is 4.17. The predicted molar refractivity (Wildman–Crippen MR) is 71.6 cm³/mol. The average Bonchev–Trinajstić information content (AvgIpc) is 2.34. The number of ether oxygens (including phenoxy) is 1. The monoisotopic (exact) mass is 319 g/mol. The van der Waals surface area contributed by atoms with Gasteiger partial charge in [-0.1, -0.05) is 11.6 Å². The molecule has 1 aromatic rings. The zero-order chi connectivity index (χ0) is 12.3. The molecule has 0 saturated carbocycles. The molecule has 1 fully saturated rings. The van der Waals surface area contributed by atoms with E-state index in [4.69, 9.17) is 16.3 Å².